The molecule has 24 heavy (non-hydrogen) atoms. The van der Waals surface area contributed by atoms with Gasteiger partial charge in [-0.2, -0.15) is 0 Å². The summed E-state index contributed by atoms with van der Waals surface area (Å²) in [5.41, 5.74) is 3.78. The van der Waals surface area contributed by atoms with Crippen molar-refractivity contribution in [3.8, 4) is 11.1 Å². The van der Waals surface area contributed by atoms with Gasteiger partial charge in [-0.25, -0.2) is 4.98 Å². The van der Waals surface area contributed by atoms with Crippen molar-refractivity contribution in [3.05, 3.63) is 55.4 Å². The second-order valence-electron chi connectivity index (χ2n) is 5.40. The number of anilines is 1. The zero-order chi connectivity index (χ0) is 17.1. The summed E-state index contributed by atoms with van der Waals surface area (Å²) in [5, 5.41) is 3.77. The van der Waals surface area contributed by atoms with Gasteiger partial charge in [0.25, 0.3) is 0 Å². The molecule has 0 bridgehead atoms. The topological polar surface area (TPSA) is 46.9 Å². The minimum absolute atomic E-state index is 0.241. The van der Waals surface area contributed by atoms with E-state index >= 15 is 0 Å². The average molecular weight is 337 g/mol. The normalized spacial score (nSPS) is 10.8. The van der Waals surface area contributed by atoms with Crippen LogP contribution in [0.2, 0.25) is 0 Å². The maximum absolute atomic E-state index is 11.5. The monoisotopic (exact) mass is 337 g/mol. The number of pyridine rings is 1. The van der Waals surface area contributed by atoms with Crippen LogP contribution in [0.4, 0.5) is 5.69 Å². The highest BCUT2D eigenvalue weighted by molar-refractivity contribution is 7.99. The molecule has 0 aliphatic rings. The Morgan fingerprint density at radius 2 is 2.12 bits per heavy atom. The molecule has 0 aliphatic heterocycles. The van der Waals surface area contributed by atoms with Gasteiger partial charge in [0.2, 0.25) is 5.91 Å². The number of fused-ring (bicyclic) bond motifs is 1. The molecule has 122 valence electrons. The molecule has 0 fully saturated rings. The van der Waals surface area contributed by atoms with Crippen molar-refractivity contribution in [2.75, 3.05) is 11.1 Å². The van der Waals surface area contributed by atoms with Crippen molar-refractivity contribution in [1.29, 1.82) is 0 Å². The van der Waals surface area contributed by atoms with E-state index in [1.807, 2.05) is 29.4 Å². The Morgan fingerprint density at radius 3 is 2.79 bits per heavy atom. The molecule has 4 nitrogen and oxygen atoms in total. The standard InChI is InChI=1S/C19H19N3OS/c1-4-18(23)21-14-10-16-17(12-22(3)19(16)20-11-14)13-6-8-15(9-7-13)24-5-2/h4,6-12H,1,5H2,2-3H3,(H,21,23). The summed E-state index contributed by atoms with van der Waals surface area (Å²) < 4.78 is 2.00. The minimum atomic E-state index is -0.241. The molecule has 0 radical (unpaired) electrons. The van der Waals surface area contributed by atoms with Crippen LogP contribution in [0.3, 0.4) is 0 Å². The first kappa shape index (κ1) is 16.3. The van der Waals surface area contributed by atoms with E-state index in [0.29, 0.717) is 5.69 Å². The number of hydrogen-bond donors (Lipinski definition) is 1. The molecule has 0 saturated carbocycles. The summed E-state index contributed by atoms with van der Waals surface area (Å²) in [6.45, 7) is 5.62. The predicted octanol–water partition coefficient (Wildman–Crippen LogP) is 4.48. The van der Waals surface area contributed by atoms with Crippen molar-refractivity contribution in [2.45, 2.75) is 11.8 Å². The van der Waals surface area contributed by atoms with Crippen molar-refractivity contribution in [3.63, 3.8) is 0 Å². The number of carbonyl (C=O) groups is 1. The van der Waals surface area contributed by atoms with Crippen molar-refractivity contribution in [1.82, 2.24) is 9.55 Å². The predicted molar refractivity (Wildman–Crippen MR) is 101 cm³/mol. The van der Waals surface area contributed by atoms with Crippen LogP contribution in [0, 0.1) is 0 Å². The molecule has 2 aromatic heterocycles. The van der Waals surface area contributed by atoms with Gasteiger partial charge in [0.05, 0.1) is 11.9 Å². The van der Waals surface area contributed by atoms with Crippen molar-refractivity contribution < 1.29 is 4.79 Å². The van der Waals surface area contributed by atoms with Crippen LogP contribution in [-0.2, 0) is 11.8 Å². The number of aryl methyl sites for hydroxylation is 1. The second-order valence-corrected chi connectivity index (χ2v) is 6.74. The van der Waals surface area contributed by atoms with Crippen LogP contribution in [0.25, 0.3) is 22.2 Å². The van der Waals surface area contributed by atoms with E-state index in [1.165, 1.54) is 11.0 Å². The van der Waals surface area contributed by atoms with Gasteiger partial charge in [-0.05, 0) is 35.6 Å². The van der Waals surface area contributed by atoms with Gasteiger partial charge in [-0.3, -0.25) is 4.79 Å². The zero-order valence-corrected chi connectivity index (χ0v) is 14.6. The fourth-order valence-corrected chi connectivity index (χ4v) is 3.31. The molecule has 0 saturated heterocycles. The molecule has 3 aromatic rings. The van der Waals surface area contributed by atoms with E-state index in [-0.39, 0.29) is 5.91 Å². The highest BCUT2D eigenvalue weighted by atomic mass is 32.2. The van der Waals surface area contributed by atoms with Gasteiger partial charge in [-0.15, -0.1) is 11.8 Å². The Bertz CT molecular complexity index is 897. The van der Waals surface area contributed by atoms with Gasteiger partial charge in [0.15, 0.2) is 0 Å². The molecule has 1 amide bonds. The second kappa shape index (κ2) is 6.93. The molecule has 3 rings (SSSR count). The number of amides is 1. The highest BCUT2D eigenvalue weighted by Crippen LogP contribution is 2.32. The van der Waals surface area contributed by atoms with Crippen LogP contribution in [0.5, 0.6) is 0 Å². The van der Waals surface area contributed by atoms with Gasteiger partial charge in [-0.1, -0.05) is 25.6 Å². The number of nitrogens with one attached hydrogen (secondary N) is 1. The Kier molecular flexibility index (Phi) is 4.71. The Hall–Kier alpha value is -2.53. The van der Waals surface area contributed by atoms with Gasteiger partial charge < -0.3 is 9.88 Å². The van der Waals surface area contributed by atoms with E-state index in [4.69, 9.17) is 0 Å². The first-order chi connectivity index (χ1) is 11.6. The van der Waals surface area contributed by atoms with Crippen LogP contribution < -0.4 is 5.32 Å². The molecule has 2 heterocycles. The summed E-state index contributed by atoms with van der Waals surface area (Å²) in [5.74, 6) is 0.818. The number of hydrogen-bond acceptors (Lipinski definition) is 3. The largest absolute Gasteiger partial charge is 0.335 e. The lowest BCUT2D eigenvalue weighted by atomic mass is 10.1. The van der Waals surface area contributed by atoms with E-state index < -0.39 is 0 Å². The van der Waals surface area contributed by atoms with E-state index in [9.17, 15) is 4.79 Å². The van der Waals surface area contributed by atoms with Crippen molar-refractivity contribution >= 4 is 34.4 Å². The quantitative estimate of drug-likeness (QED) is 0.552. The molecular weight excluding hydrogens is 318 g/mol. The lowest BCUT2D eigenvalue weighted by Crippen LogP contribution is -2.07. The number of rotatable bonds is 5. The Labute approximate surface area is 145 Å². The number of thioether (sulfide) groups is 1. The third-order valence-corrected chi connectivity index (χ3v) is 4.64. The number of nitrogens with zero attached hydrogens (tertiary/aromatic N) is 2. The van der Waals surface area contributed by atoms with Crippen LogP contribution in [0.15, 0.2) is 60.3 Å². The van der Waals surface area contributed by atoms with Crippen LogP contribution in [0.1, 0.15) is 6.92 Å². The maximum Gasteiger partial charge on any atom is 0.247 e. The lowest BCUT2D eigenvalue weighted by Gasteiger charge is -2.04. The van der Waals surface area contributed by atoms with Gasteiger partial charge in [0.1, 0.15) is 5.65 Å². The van der Waals surface area contributed by atoms with Crippen molar-refractivity contribution in [2.24, 2.45) is 7.05 Å². The SMILES string of the molecule is C=CC(=O)Nc1cnc2c(c1)c(-c1ccc(SCC)cc1)cn2C. The van der Waals surface area contributed by atoms with Crippen LogP contribution in [-0.4, -0.2) is 21.2 Å². The Morgan fingerprint density at radius 1 is 1.38 bits per heavy atom. The molecule has 0 aliphatic carbocycles. The number of carbonyl (C=O) groups excluding carboxylic acids is 1. The minimum Gasteiger partial charge on any atom is -0.335 e. The molecule has 1 N–H and O–H groups in total. The third kappa shape index (κ3) is 3.21. The summed E-state index contributed by atoms with van der Waals surface area (Å²) in [6.07, 6.45) is 4.98. The van der Waals surface area contributed by atoms with Crippen LogP contribution >= 0.6 is 11.8 Å². The first-order valence-electron chi connectivity index (χ1n) is 7.74. The summed E-state index contributed by atoms with van der Waals surface area (Å²) in [7, 11) is 1.97. The van der Waals surface area contributed by atoms with E-state index in [1.54, 1.807) is 6.20 Å². The highest BCUT2D eigenvalue weighted by Gasteiger charge is 2.11. The average Bonchev–Trinajstić information content (AvgIpc) is 2.92. The molecule has 0 unspecified atom stereocenters. The number of aromatic nitrogens is 2. The molecule has 0 spiro atoms. The fourth-order valence-electron chi connectivity index (χ4n) is 2.65. The zero-order valence-electron chi connectivity index (χ0n) is 13.7. The summed E-state index contributed by atoms with van der Waals surface area (Å²) in [4.78, 5) is 17.2. The Balaban J connectivity index is 2.04. The smallest absolute Gasteiger partial charge is 0.247 e. The number of benzene rings is 1. The summed E-state index contributed by atoms with van der Waals surface area (Å²) >= 11 is 1.83. The molecule has 5 heteroatoms. The molecule has 1 aromatic carbocycles. The fraction of sp³-hybridized carbons (Fsp3) is 0.158. The summed E-state index contributed by atoms with van der Waals surface area (Å²) in [6, 6.07) is 10.5. The van der Waals surface area contributed by atoms with E-state index in [0.717, 1.165) is 27.9 Å². The van der Waals surface area contributed by atoms with Gasteiger partial charge >= 0.3 is 0 Å². The van der Waals surface area contributed by atoms with Gasteiger partial charge in [0, 0.05) is 29.1 Å². The first-order valence-corrected chi connectivity index (χ1v) is 8.72. The lowest BCUT2D eigenvalue weighted by molar-refractivity contribution is -0.111. The third-order valence-electron chi connectivity index (χ3n) is 3.74. The molecule has 0 atom stereocenters. The van der Waals surface area contributed by atoms with E-state index in [2.05, 4.69) is 54.3 Å². The molecular formula is C19H19N3OS. The maximum atomic E-state index is 11.5.